The van der Waals surface area contributed by atoms with Crippen LogP contribution in [0.2, 0.25) is 0 Å². The summed E-state index contributed by atoms with van der Waals surface area (Å²) in [5.74, 6) is -1.60. The fraction of sp³-hybridized carbons (Fsp3) is 0. The quantitative estimate of drug-likeness (QED) is 0.450. The van der Waals surface area contributed by atoms with Gasteiger partial charge in [-0.05, 0) is 40.8 Å². The van der Waals surface area contributed by atoms with Gasteiger partial charge in [0.05, 0.1) is 15.5 Å². The van der Waals surface area contributed by atoms with Gasteiger partial charge >= 0.3 is 5.97 Å². The van der Waals surface area contributed by atoms with Crippen molar-refractivity contribution in [3.63, 3.8) is 0 Å². The molecule has 2 aromatic rings. The predicted octanol–water partition coefficient (Wildman–Crippen LogP) is 3.21. The van der Waals surface area contributed by atoms with Gasteiger partial charge in [0.15, 0.2) is 0 Å². The molecule has 0 atom stereocenters. The summed E-state index contributed by atoms with van der Waals surface area (Å²) in [6.07, 6.45) is 0. The number of rotatable bonds is 4. The second kappa shape index (κ2) is 6.18. The summed E-state index contributed by atoms with van der Waals surface area (Å²) in [7, 11) is 0. The van der Waals surface area contributed by atoms with Gasteiger partial charge in [0, 0.05) is 15.7 Å². The van der Waals surface area contributed by atoms with Gasteiger partial charge in [0.25, 0.3) is 11.6 Å². The van der Waals surface area contributed by atoms with Crippen molar-refractivity contribution in [2.75, 3.05) is 5.32 Å². The van der Waals surface area contributed by atoms with Crippen LogP contribution in [0.3, 0.4) is 0 Å². The third kappa shape index (κ3) is 3.55. The lowest BCUT2D eigenvalue weighted by Gasteiger charge is -2.04. The topological polar surface area (TPSA) is 110 Å². The molecule has 0 bridgehead atoms. The first-order valence-corrected chi connectivity index (χ1v) is 7.36. The van der Waals surface area contributed by atoms with E-state index < -0.39 is 16.8 Å². The van der Waals surface area contributed by atoms with E-state index in [0.29, 0.717) is 8.57 Å². The Morgan fingerprint density at radius 3 is 2.57 bits per heavy atom. The molecule has 108 valence electrons. The number of nitro groups is 1. The molecule has 0 aliphatic heterocycles. The van der Waals surface area contributed by atoms with Crippen molar-refractivity contribution in [2.45, 2.75) is 0 Å². The van der Waals surface area contributed by atoms with E-state index in [1.165, 1.54) is 30.3 Å². The first-order valence-electron chi connectivity index (χ1n) is 5.47. The van der Waals surface area contributed by atoms with Crippen molar-refractivity contribution >= 4 is 56.5 Å². The van der Waals surface area contributed by atoms with E-state index in [4.69, 9.17) is 5.11 Å². The standard InChI is InChI=1S/C12H7IN2O5S/c13-8-2-1-6(15(19)20)5-7(8)11(16)14-10-4-3-9(21-10)12(17)18/h1-5H,(H,14,16)(H,17,18). The highest BCUT2D eigenvalue weighted by molar-refractivity contribution is 14.1. The van der Waals surface area contributed by atoms with Crippen molar-refractivity contribution < 1.29 is 19.6 Å². The number of anilines is 1. The number of hydrogen-bond acceptors (Lipinski definition) is 5. The Balaban J connectivity index is 2.25. The zero-order chi connectivity index (χ0) is 15.6. The normalized spacial score (nSPS) is 10.1. The molecule has 0 fully saturated rings. The fourth-order valence-electron chi connectivity index (χ4n) is 1.50. The van der Waals surface area contributed by atoms with Crippen LogP contribution in [0.15, 0.2) is 30.3 Å². The van der Waals surface area contributed by atoms with E-state index in [1.807, 2.05) is 22.6 Å². The van der Waals surface area contributed by atoms with Gasteiger partial charge in [-0.25, -0.2) is 4.79 Å². The smallest absolute Gasteiger partial charge is 0.345 e. The van der Waals surface area contributed by atoms with Crippen LogP contribution in [0.5, 0.6) is 0 Å². The maximum absolute atomic E-state index is 12.1. The van der Waals surface area contributed by atoms with Crippen LogP contribution < -0.4 is 5.32 Å². The number of benzene rings is 1. The number of non-ortho nitro benzene ring substituents is 1. The van der Waals surface area contributed by atoms with Crippen LogP contribution in [0.1, 0.15) is 20.0 Å². The Kier molecular flexibility index (Phi) is 4.53. The Morgan fingerprint density at radius 2 is 2.00 bits per heavy atom. The zero-order valence-electron chi connectivity index (χ0n) is 10.2. The molecule has 0 radical (unpaired) electrons. The minimum Gasteiger partial charge on any atom is -0.477 e. The van der Waals surface area contributed by atoms with E-state index in [9.17, 15) is 19.7 Å². The number of nitro benzene ring substituents is 1. The van der Waals surface area contributed by atoms with Gasteiger partial charge in [0.2, 0.25) is 0 Å². The number of aromatic carboxylic acids is 1. The molecular formula is C12H7IN2O5S. The summed E-state index contributed by atoms with van der Waals surface area (Å²) in [6, 6.07) is 6.82. The molecule has 0 saturated heterocycles. The molecule has 1 amide bonds. The second-order valence-electron chi connectivity index (χ2n) is 3.84. The van der Waals surface area contributed by atoms with Crippen LogP contribution in [-0.4, -0.2) is 21.9 Å². The average molecular weight is 418 g/mol. The third-order valence-electron chi connectivity index (χ3n) is 2.46. The van der Waals surface area contributed by atoms with Gasteiger partial charge in [-0.3, -0.25) is 14.9 Å². The highest BCUT2D eigenvalue weighted by Gasteiger charge is 2.17. The van der Waals surface area contributed by atoms with Crippen LogP contribution in [-0.2, 0) is 0 Å². The summed E-state index contributed by atoms with van der Waals surface area (Å²) >= 11 is 2.81. The molecule has 0 spiro atoms. The number of nitrogens with zero attached hydrogens (tertiary/aromatic N) is 1. The van der Waals surface area contributed by atoms with Crippen LogP contribution in [0.25, 0.3) is 0 Å². The van der Waals surface area contributed by atoms with Crippen molar-refractivity contribution in [1.82, 2.24) is 0 Å². The van der Waals surface area contributed by atoms with Crippen molar-refractivity contribution in [3.8, 4) is 0 Å². The molecule has 1 aromatic heterocycles. The van der Waals surface area contributed by atoms with Crippen LogP contribution in [0, 0.1) is 13.7 Å². The van der Waals surface area contributed by atoms with E-state index in [2.05, 4.69) is 5.32 Å². The van der Waals surface area contributed by atoms with Gasteiger partial charge in [-0.2, -0.15) is 0 Å². The van der Waals surface area contributed by atoms with Crippen molar-refractivity contribution in [1.29, 1.82) is 0 Å². The fourth-order valence-corrected chi connectivity index (χ4v) is 2.82. The molecule has 1 heterocycles. The molecular weight excluding hydrogens is 411 g/mol. The van der Waals surface area contributed by atoms with Crippen molar-refractivity contribution in [2.24, 2.45) is 0 Å². The molecule has 21 heavy (non-hydrogen) atoms. The Bertz CT molecular complexity index is 743. The summed E-state index contributed by atoms with van der Waals surface area (Å²) in [5.41, 5.74) is -0.0203. The van der Waals surface area contributed by atoms with Crippen LogP contribution >= 0.6 is 33.9 Å². The summed E-state index contributed by atoms with van der Waals surface area (Å²) in [5, 5.41) is 22.4. The lowest BCUT2D eigenvalue weighted by Crippen LogP contribution is -2.12. The monoisotopic (exact) mass is 418 g/mol. The Labute approximate surface area is 135 Å². The number of halogens is 1. The maximum atomic E-state index is 12.1. The zero-order valence-corrected chi connectivity index (χ0v) is 13.2. The van der Waals surface area contributed by atoms with Gasteiger partial charge in [0.1, 0.15) is 4.88 Å². The molecule has 0 unspecified atom stereocenters. The molecule has 9 heteroatoms. The van der Waals surface area contributed by atoms with E-state index >= 15 is 0 Å². The van der Waals surface area contributed by atoms with Gasteiger partial charge in [-0.1, -0.05) is 0 Å². The number of carboxylic acid groups (broad SMARTS) is 1. The van der Waals surface area contributed by atoms with E-state index in [0.717, 1.165) is 11.3 Å². The van der Waals surface area contributed by atoms with Crippen molar-refractivity contribution in [3.05, 3.63) is 54.5 Å². The lowest BCUT2D eigenvalue weighted by atomic mass is 10.2. The molecule has 1 aromatic carbocycles. The number of carboxylic acids is 1. The minimum atomic E-state index is -1.08. The lowest BCUT2D eigenvalue weighted by molar-refractivity contribution is -0.384. The predicted molar refractivity (Wildman–Crippen MR) is 85.0 cm³/mol. The highest BCUT2D eigenvalue weighted by atomic mass is 127. The SMILES string of the molecule is O=C(O)c1ccc(NC(=O)c2cc([N+](=O)[O-])ccc2I)s1. The number of hydrogen-bond donors (Lipinski definition) is 2. The molecule has 7 nitrogen and oxygen atoms in total. The largest absolute Gasteiger partial charge is 0.477 e. The average Bonchev–Trinajstić information content (AvgIpc) is 2.87. The Morgan fingerprint density at radius 1 is 1.29 bits per heavy atom. The van der Waals surface area contributed by atoms with Gasteiger partial charge in [-0.15, -0.1) is 11.3 Å². The first-order chi connectivity index (χ1) is 9.88. The number of carbonyl (C=O) groups excluding carboxylic acids is 1. The third-order valence-corrected chi connectivity index (χ3v) is 4.39. The number of thiophene rings is 1. The maximum Gasteiger partial charge on any atom is 0.345 e. The molecule has 0 saturated carbocycles. The Hall–Kier alpha value is -2.01. The summed E-state index contributed by atoms with van der Waals surface area (Å²) < 4.78 is 0.561. The molecule has 0 aliphatic carbocycles. The van der Waals surface area contributed by atoms with Gasteiger partial charge < -0.3 is 10.4 Å². The second-order valence-corrected chi connectivity index (χ2v) is 6.09. The number of nitrogens with one attached hydrogen (secondary N) is 1. The first kappa shape index (κ1) is 15.4. The summed E-state index contributed by atoms with van der Waals surface area (Å²) in [4.78, 5) is 33.1. The summed E-state index contributed by atoms with van der Waals surface area (Å²) in [6.45, 7) is 0. The number of amides is 1. The molecule has 2 rings (SSSR count). The van der Waals surface area contributed by atoms with E-state index in [1.54, 1.807) is 0 Å². The molecule has 0 aliphatic rings. The van der Waals surface area contributed by atoms with E-state index in [-0.39, 0.29) is 16.1 Å². The molecule has 2 N–H and O–H groups in total. The highest BCUT2D eigenvalue weighted by Crippen LogP contribution is 2.24. The minimum absolute atomic E-state index is 0.0963. The van der Waals surface area contributed by atoms with Crippen LogP contribution in [0.4, 0.5) is 10.7 Å². The number of carbonyl (C=O) groups is 2.